The Bertz CT molecular complexity index is 355. The van der Waals surface area contributed by atoms with Crippen molar-refractivity contribution in [2.75, 3.05) is 18.9 Å². The van der Waals surface area contributed by atoms with Crippen molar-refractivity contribution in [2.24, 2.45) is 0 Å². The lowest BCUT2D eigenvalue weighted by atomic mass is 10.2. The van der Waals surface area contributed by atoms with Crippen LogP contribution >= 0.6 is 11.6 Å². The van der Waals surface area contributed by atoms with Crippen LogP contribution in [-0.2, 0) is 0 Å². The molecule has 2 N–H and O–H groups in total. The Morgan fingerprint density at radius 1 is 1.60 bits per heavy atom. The van der Waals surface area contributed by atoms with Crippen molar-refractivity contribution in [3.05, 3.63) is 22.8 Å². The second-order valence-corrected chi connectivity index (χ2v) is 3.47. The zero-order valence-electron chi connectivity index (χ0n) is 8.80. The Kier molecular flexibility index (Phi) is 4.37. The van der Waals surface area contributed by atoms with Crippen LogP contribution in [0.25, 0.3) is 0 Å². The predicted octanol–water partition coefficient (Wildman–Crippen LogP) is 1.92. The summed E-state index contributed by atoms with van der Waals surface area (Å²) < 4.78 is 0. The van der Waals surface area contributed by atoms with Crippen LogP contribution in [0.15, 0.2) is 12.3 Å². The first-order chi connectivity index (χ1) is 7.19. The first kappa shape index (κ1) is 11.8. The van der Waals surface area contributed by atoms with Crippen molar-refractivity contribution in [3.8, 4) is 0 Å². The van der Waals surface area contributed by atoms with Gasteiger partial charge in [0.05, 0.1) is 10.6 Å². The Balaban J connectivity index is 2.83. The molecular weight excluding hydrogens is 214 g/mol. The molecule has 0 atom stereocenters. The molecule has 82 valence electrons. The highest BCUT2D eigenvalue weighted by molar-refractivity contribution is 6.33. The van der Waals surface area contributed by atoms with E-state index in [1.54, 1.807) is 13.1 Å². The normalized spacial score (nSPS) is 9.80. The van der Waals surface area contributed by atoms with Crippen LogP contribution in [0.3, 0.4) is 0 Å². The van der Waals surface area contributed by atoms with Crippen LogP contribution in [0, 0.1) is 0 Å². The molecule has 0 aliphatic heterocycles. The second-order valence-electron chi connectivity index (χ2n) is 3.06. The van der Waals surface area contributed by atoms with Gasteiger partial charge in [-0.1, -0.05) is 18.5 Å². The van der Waals surface area contributed by atoms with Crippen molar-refractivity contribution in [2.45, 2.75) is 13.3 Å². The minimum absolute atomic E-state index is 0.188. The van der Waals surface area contributed by atoms with E-state index in [2.05, 4.69) is 22.5 Å². The first-order valence-corrected chi connectivity index (χ1v) is 5.18. The molecule has 4 nitrogen and oxygen atoms in total. The number of hydrogen-bond donors (Lipinski definition) is 2. The van der Waals surface area contributed by atoms with Gasteiger partial charge < -0.3 is 10.6 Å². The third kappa shape index (κ3) is 3.09. The lowest BCUT2D eigenvalue weighted by Gasteiger charge is -2.07. The highest BCUT2D eigenvalue weighted by atomic mass is 35.5. The summed E-state index contributed by atoms with van der Waals surface area (Å²) in [5.74, 6) is 0.428. The molecule has 0 saturated heterocycles. The number of aromatic nitrogens is 1. The summed E-state index contributed by atoms with van der Waals surface area (Å²) in [5.41, 5.74) is 0.463. The zero-order chi connectivity index (χ0) is 11.3. The van der Waals surface area contributed by atoms with Crippen LogP contribution in [0.2, 0.25) is 5.02 Å². The molecular formula is C10H14ClN3O. The van der Waals surface area contributed by atoms with E-state index in [0.29, 0.717) is 16.4 Å². The van der Waals surface area contributed by atoms with Crippen molar-refractivity contribution in [3.63, 3.8) is 0 Å². The Labute approximate surface area is 94.0 Å². The fourth-order valence-corrected chi connectivity index (χ4v) is 1.31. The molecule has 0 aromatic carbocycles. The van der Waals surface area contributed by atoms with Gasteiger partial charge in [-0.2, -0.15) is 0 Å². The minimum Gasteiger partial charge on any atom is -0.369 e. The number of nitrogens with one attached hydrogen (secondary N) is 2. The number of amides is 1. The van der Waals surface area contributed by atoms with E-state index in [-0.39, 0.29) is 5.91 Å². The van der Waals surface area contributed by atoms with Gasteiger partial charge in [-0.3, -0.25) is 4.79 Å². The van der Waals surface area contributed by atoms with Gasteiger partial charge in [0.25, 0.3) is 5.91 Å². The summed E-state index contributed by atoms with van der Waals surface area (Å²) in [4.78, 5) is 15.3. The van der Waals surface area contributed by atoms with E-state index in [4.69, 9.17) is 11.6 Å². The van der Waals surface area contributed by atoms with E-state index >= 15 is 0 Å². The van der Waals surface area contributed by atoms with Crippen LogP contribution < -0.4 is 10.6 Å². The number of halogens is 1. The Morgan fingerprint density at radius 2 is 2.33 bits per heavy atom. The molecule has 0 unspecified atom stereocenters. The number of carbonyl (C=O) groups excluding carboxylic acids is 1. The van der Waals surface area contributed by atoms with Crippen molar-refractivity contribution in [1.82, 2.24) is 10.3 Å². The molecule has 0 bridgehead atoms. The van der Waals surface area contributed by atoms with Gasteiger partial charge in [-0.25, -0.2) is 4.98 Å². The van der Waals surface area contributed by atoms with Crippen LogP contribution in [0.1, 0.15) is 23.7 Å². The van der Waals surface area contributed by atoms with Gasteiger partial charge in [-0.05, 0) is 12.5 Å². The lowest BCUT2D eigenvalue weighted by Crippen LogP contribution is -2.18. The third-order valence-electron chi connectivity index (χ3n) is 1.87. The average molecular weight is 228 g/mol. The van der Waals surface area contributed by atoms with E-state index in [9.17, 15) is 4.79 Å². The number of hydrogen-bond acceptors (Lipinski definition) is 3. The largest absolute Gasteiger partial charge is 0.369 e. The third-order valence-corrected chi connectivity index (χ3v) is 2.16. The van der Waals surface area contributed by atoms with E-state index in [0.717, 1.165) is 13.0 Å². The number of carbonyl (C=O) groups is 1. The minimum atomic E-state index is -0.188. The molecule has 0 spiro atoms. The lowest BCUT2D eigenvalue weighted by molar-refractivity contribution is 0.0963. The van der Waals surface area contributed by atoms with E-state index < -0.39 is 0 Å². The monoisotopic (exact) mass is 227 g/mol. The van der Waals surface area contributed by atoms with Crippen LogP contribution in [0.4, 0.5) is 5.82 Å². The molecule has 15 heavy (non-hydrogen) atoms. The fourth-order valence-electron chi connectivity index (χ4n) is 1.08. The quantitative estimate of drug-likeness (QED) is 0.826. The maximum absolute atomic E-state index is 11.3. The summed E-state index contributed by atoms with van der Waals surface area (Å²) in [7, 11) is 1.57. The maximum atomic E-state index is 11.3. The Hall–Kier alpha value is -1.29. The second kappa shape index (κ2) is 5.56. The number of nitrogens with zero attached hydrogens (tertiary/aromatic N) is 1. The zero-order valence-corrected chi connectivity index (χ0v) is 9.56. The summed E-state index contributed by atoms with van der Waals surface area (Å²) in [6.07, 6.45) is 2.50. The summed E-state index contributed by atoms with van der Waals surface area (Å²) in [6, 6.07) is 1.60. The predicted molar refractivity (Wildman–Crippen MR) is 61.4 cm³/mol. The molecule has 1 aromatic heterocycles. The summed E-state index contributed by atoms with van der Waals surface area (Å²) in [6.45, 7) is 2.87. The smallest absolute Gasteiger partial charge is 0.252 e. The standard InChI is InChI=1S/C10H14ClN3O/c1-3-4-13-9-8(11)5-7(6-14-9)10(15)12-2/h5-6H,3-4H2,1-2H3,(H,12,15)(H,13,14). The van der Waals surface area contributed by atoms with Crippen LogP contribution in [-0.4, -0.2) is 24.5 Å². The van der Waals surface area contributed by atoms with E-state index in [1.165, 1.54) is 6.20 Å². The molecule has 5 heteroatoms. The highest BCUT2D eigenvalue weighted by Crippen LogP contribution is 2.19. The van der Waals surface area contributed by atoms with Gasteiger partial charge in [0.2, 0.25) is 0 Å². The molecule has 1 heterocycles. The summed E-state index contributed by atoms with van der Waals surface area (Å²) in [5, 5.41) is 6.05. The number of rotatable bonds is 4. The van der Waals surface area contributed by atoms with Crippen molar-refractivity contribution >= 4 is 23.3 Å². The van der Waals surface area contributed by atoms with Gasteiger partial charge in [0.1, 0.15) is 5.82 Å². The van der Waals surface area contributed by atoms with Gasteiger partial charge in [-0.15, -0.1) is 0 Å². The molecule has 0 aliphatic carbocycles. The molecule has 1 aromatic rings. The molecule has 0 aliphatic rings. The molecule has 0 fully saturated rings. The molecule has 1 amide bonds. The molecule has 0 saturated carbocycles. The fraction of sp³-hybridized carbons (Fsp3) is 0.400. The summed E-state index contributed by atoms with van der Waals surface area (Å²) >= 11 is 5.96. The topological polar surface area (TPSA) is 54.0 Å². The van der Waals surface area contributed by atoms with Crippen molar-refractivity contribution < 1.29 is 4.79 Å². The number of anilines is 1. The Morgan fingerprint density at radius 3 is 2.87 bits per heavy atom. The van der Waals surface area contributed by atoms with Gasteiger partial charge >= 0.3 is 0 Å². The first-order valence-electron chi connectivity index (χ1n) is 4.80. The van der Waals surface area contributed by atoms with Gasteiger partial charge in [0.15, 0.2) is 0 Å². The molecule has 1 rings (SSSR count). The van der Waals surface area contributed by atoms with Crippen LogP contribution in [0.5, 0.6) is 0 Å². The SMILES string of the molecule is CCCNc1ncc(C(=O)NC)cc1Cl. The maximum Gasteiger partial charge on any atom is 0.252 e. The highest BCUT2D eigenvalue weighted by Gasteiger charge is 2.07. The van der Waals surface area contributed by atoms with Gasteiger partial charge in [0, 0.05) is 19.8 Å². The molecule has 0 radical (unpaired) electrons. The average Bonchev–Trinajstić information content (AvgIpc) is 2.26. The number of pyridine rings is 1. The van der Waals surface area contributed by atoms with E-state index in [1.807, 2.05) is 0 Å². The van der Waals surface area contributed by atoms with Crippen molar-refractivity contribution in [1.29, 1.82) is 0 Å².